The van der Waals surface area contributed by atoms with Gasteiger partial charge in [-0.25, -0.2) is 13.4 Å². The zero-order chi connectivity index (χ0) is 20.2. The third-order valence-corrected chi connectivity index (χ3v) is 9.81. The highest BCUT2D eigenvalue weighted by atomic mass is 32.2. The number of hydrogen-bond acceptors (Lipinski definition) is 4. The minimum absolute atomic E-state index is 0.00558. The first kappa shape index (κ1) is 20.1. The summed E-state index contributed by atoms with van der Waals surface area (Å²) in [7, 11) is -3.15. The number of hydrogen-bond donors (Lipinski definition) is 0. The van der Waals surface area contributed by atoms with Crippen LogP contribution in [0.5, 0.6) is 0 Å². The van der Waals surface area contributed by atoms with Crippen molar-refractivity contribution in [3.05, 3.63) is 29.8 Å². The SMILES string of the molecule is CC(C)C1SC(CC23CCC(c4ccc(S(C)(=O)=O)cc4)(CC2)CC3)=NC1=O. The lowest BCUT2D eigenvalue weighted by atomic mass is 9.51. The average Bonchev–Trinajstić information content (AvgIpc) is 3.02. The molecule has 5 rings (SSSR count). The molecule has 1 unspecified atom stereocenters. The van der Waals surface area contributed by atoms with Gasteiger partial charge in [-0.05, 0) is 73.0 Å². The van der Waals surface area contributed by atoms with Gasteiger partial charge in [0.2, 0.25) is 0 Å². The molecule has 28 heavy (non-hydrogen) atoms. The highest BCUT2D eigenvalue weighted by Gasteiger charge is 2.50. The molecule has 6 heteroatoms. The number of benzene rings is 1. The standard InChI is InChI=1S/C22H29NO3S2/c1-15(2)19-20(24)23-18(27-19)14-21-8-11-22(12-9-21,13-10-21)16-4-6-17(7-5-16)28(3,25)26/h4-7,15,19H,8-14H2,1-3H3. The number of nitrogens with zero attached hydrogens (tertiary/aromatic N) is 1. The number of rotatable bonds is 5. The summed E-state index contributed by atoms with van der Waals surface area (Å²) in [5, 5.41) is 1.06. The summed E-state index contributed by atoms with van der Waals surface area (Å²) < 4.78 is 23.5. The van der Waals surface area contributed by atoms with Crippen molar-refractivity contribution >= 4 is 32.6 Å². The van der Waals surface area contributed by atoms with Gasteiger partial charge < -0.3 is 0 Å². The largest absolute Gasteiger partial charge is 0.271 e. The molecule has 152 valence electrons. The normalized spacial score (nSPS) is 32.8. The van der Waals surface area contributed by atoms with Crippen LogP contribution in [0.3, 0.4) is 0 Å². The Hall–Kier alpha value is -1.14. The van der Waals surface area contributed by atoms with Crippen molar-refractivity contribution in [2.45, 2.75) is 74.4 Å². The Balaban J connectivity index is 1.46. The van der Waals surface area contributed by atoms with Crippen molar-refractivity contribution in [1.29, 1.82) is 0 Å². The maximum Gasteiger partial charge on any atom is 0.260 e. The molecule has 0 N–H and O–H groups in total. The van der Waals surface area contributed by atoms with Gasteiger partial charge in [0.05, 0.1) is 15.2 Å². The van der Waals surface area contributed by atoms with Gasteiger partial charge in [0.15, 0.2) is 9.84 Å². The first-order valence-corrected chi connectivity index (χ1v) is 13.0. The van der Waals surface area contributed by atoms with E-state index in [1.165, 1.54) is 31.1 Å². The number of carbonyl (C=O) groups is 1. The van der Waals surface area contributed by atoms with Gasteiger partial charge >= 0.3 is 0 Å². The number of carbonyl (C=O) groups excluding carboxylic acids is 1. The quantitative estimate of drug-likeness (QED) is 0.690. The van der Waals surface area contributed by atoms with E-state index in [4.69, 9.17) is 0 Å². The molecule has 2 bridgehead atoms. The fourth-order valence-electron chi connectivity index (χ4n) is 5.25. The monoisotopic (exact) mass is 419 g/mol. The third-order valence-electron chi connectivity index (χ3n) is 7.17. The third kappa shape index (κ3) is 3.58. The van der Waals surface area contributed by atoms with Crippen LogP contribution in [-0.4, -0.2) is 30.9 Å². The number of fused-ring (bicyclic) bond motifs is 3. The number of amides is 1. The van der Waals surface area contributed by atoms with E-state index in [0.29, 0.717) is 16.2 Å². The van der Waals surface area contributed by atoms with Gasteiger partial charge in [-0.15, -0.1) is 0 Å². The summed E-state index contributed by atoms with van der Waals surface area (Å²) in [6, 6.07) is 7.57. The van der Waals surface area contributed by atoms with Crippen LogP contribution in [0.1, 0.15) is 64.4 Å². The molecular weight excluding hydrogens is 390 g/mol. The summed E-state index contributed by atoms with van der Waals surface area (Å²) in [6.45, 7) is 4.19. The summed E-state index contributed by atoms with van der Waals surface area (Å²) in [6.07, 6.45) is 9.15. The molecular formula is C22H29NO3S2. The van der Waals surface area contributed by atoms with Crippen molar-refractivity contribution in [3.8, 4) is 0 Å². The van der Waals surface area contributed by atoms with Crippen LogP contribution in [-0.2, 0) is 20.0 Å². The van der Waals surface area contributed by atoms with Crippen molar-refractivity contribution in [2.24, 2.45) is 16.3 Å². The van der Waals surface area contributed by atoms with Gasteiger partial charge in [0, 0.05) is 12.7 Å². The summed E-state index contributed by atoms with van der Waals surface area (Å²) in [5.74, 6) is 0.384. The predicted octanol–water partition coefficient (Wildman–Crippen LogP) is 4.77. The number of aliphatic imine (C=N–C) groups is 1. The van der Waals surface area contributed by atoms with Crippen molar-refractivity contribution < 1.29 is 13.2 Å². The first-order valence-electron chi connectivity index (χ1n) is 10.2. The Labute approximate surface area is 172 Å². The molecule has 0 radical (unpaired) electrons. The molecule has 1 aromatic carbocycles. The second-order valence-corrected chi connectivity index (χ2v) is 12.6. The van der Waals surface area contributed by atoms with Gasteiger partial charge in [-0.1, -0.05) is 37.7 Å². The van der Waals surface area contributed by atoms with E-state index in [0.717, 1.165) is 30.7 Å². The molecule has 0 aromatic heterocycles. The summed E-state index contributed by atoms with van der Waals surface area (Å²) >= 11 is 1.69. The van der Waals surface area contributed by atoms with Gasteiger partial charge in [-0.3, -0.25) is 4.79 Å². The highest BCUT2D eigenvalue weighted by molar-refractivity contribution is 8.15. The van der Waals surface area contributed by atoms with E-state index in [1.54, 1.807) is 23.9 Å². The molecule has 4 nitrogen and oxygen atoms in total. The second kappa shape index (κ2) is 6.98. The Morgan fingerprint density at radius 3 is 2.11 bits per heavy atom. The van der Waals surface area contributed by atoms with Crippen LogP contribution in [0.4, 0.5) is 0 Å². The van der Waals surface area contributed by atoms with Crippen LogP contribution in [0.2, 0.25) is 0 Å². The maximum atomic E-state index is 12.2. The fourth-order valence-corrected chi connectivity index (χ4v) is 7.13. The molecule has 1 aliphatic heterocycles. The summed E-state index contributed by atoms with van der Waals surface area (Å²) in [5.41, 5.74) is 1.78. The predicted molar refractivity (Wildman–Crippen MR) is 115 cm³/mol. The maximum absolute atomic E-state index is 12.2. The molecule has 1 heterocycles. The van der Waals surface area contributed by atoms with Crippen LogP contribution in [0.15, 0.2) is 34.2 Å². The molecule has 4 aliphatic rings. The van der Waals surface area contributed by atoms with Crippen LogP contribution in [0, 0.1) is 11.3 Å². The Morgan fingerprint density at radius 2 is 1.64 bits per heavy atom. The van der Waals surface area contributed by atoms with Gasteiger partial charge in [-0.2, -0.15) is 0 Å². The van der Waals surface area contributed by atoms with Crippen LogP contribution in [0.25, 0.3) is 0 Å². The first-order chi connectivity index (χ1) is 13.1. The smallest absolute Gasteiger partial charge is 0.260 e. The second-order valence-electron chi connectivity index (χ2n) is 9.38. The zero-order valence-corrected chi connectivity index (χ0v) is 18.5. The van der Waals surface area contributed by atoms with Crippen molar-refractivity contribution in [1.82, 2.24) is 0 Å². The van der Waals surface area contributed by atoms with E-state index in [9.17, 15) is 13.2 Å². The van der Waals surface area contributed by atoms with Gasteiger partial charge in [0.25, 0.3) is 5.91 Å². The minimum Gasteiger partial charge on any atom is -0.271 e. The van der Waals surface area contributed by atoms with E-state index >= 15 is 0 Å². The van der Waals surface area contributed by atoms with E-state index < -0.39 is 9.84 Å². The highest BCUT2D eigenvalue weighted by Crippen LogP contribution is 2.59. The van der Waals surface area contributed by atoms with Crippen LogP contribution < -0.4 is 0 Å². The molecule has 3 saturated carbocycles. The molecule has 3 fully saturated rings. The molecule has 0 saturated heterocycles. The molecule has 1 aromatic rings. The van der Waals surface area contributed by atoms with Crippen molar-refractivity contribution in [2.75, 3.05) is 6.26 Å². The lowest BCUT2D eigenvalue weighted by Crippen LogP contribution is -2.44. The molecule has 1 atom stereocenters. The van der Waals surface area contributed by atoms with E-state index in [2.05, 4.69) is 18.8 Å². The topological polar surface area (TPSA) is 63.6 Å². The average molecular weight is 420 g/mol. The van der Waals surface area contributed by atoms with Crippen LogP contribution >= 0.6 is 11.8 Å². The number of thioether (sulfide) groups is 1. The Kier molecular flexibility index (Phi) is 5.02. The fraction of sp³-hybridized carbons (Fsp3) is 0.636. The van der Waals surface area contributed by atoms with Gasteiger partial charge in [0.1, 0.15) is 0 Å². The molecule has 0 spiro atoms. The minimum atomic E-state index is -3.15. The summed E-state index contributed by atoms with van der Waals surface area (Å²) in [4.78, 5) is 16.9. The lowest BCUT2D eigenvalue weighted by Gasteiger charge is -2.54. The zero-order valence-electron chi connectivity index (χ0n) is 16.9. The molecule has 1 amide bonds. The molecule has 3 aliphatic carbocycles. The lowest BCUT2D eigenvalue weighted by molar-refractivity contribution is -0.117. The van der Waals surface area contributed by atoms with Crippen molar-refractivity contribution in [3.63, 3.8) is 0 Å². The Morgan fingerprint density at radius 1 is 1.07 bits per heavy atom. The van der Waals surface area contributed by atoms with E-state index in [-0.39, 0.29) is 16.6 Å². The van der Waals surface area contributed by atoms with E-state index in [1.807, 2.05) is 12.1 Å². The Bertz CT molecular complexity index is 891. The number of sulfone groups is 1.